The van der Waals surface area contributed by atoms with E-state index in [-0.39, 0.29) is 0 Å². The molecule has 4 nitrogen and oxygen atoms in total. The number of hydrogen-bond acceptors (Lipinski definition) is 4. The van der Waals surface area contributed by atoms with E-state index in [4.69, 9.17) is 0 Å². The Morgan fingerprint density at radius 1 is 0.468 bits per heavy atom. The zero-order valence-corrected chi connectivity index (χ0v) is 27.0. The van der Waals surface area contributed by atoms with Crippen molar-refractivity contribution in [2.24, 2.45) is 0 Å². The van der Waals surface area contributed by atoms with Crippen molar-refractivity contribution in [1.29, 1.82) is 0 Å². The van der Waals surface area contributed by atoms with Crippen molar-refractivity contribution >= 4 is 65.8 Å². The van der Waals surface area contributed by atoms with Crippen LogP contribution in [0.4, 0.5) is 22.7 Å². The number of anilines is 4. The largest absolute Gasteiger partial charge is 0.356 e. The number of allylic oxidation sites excluding steroid dienone is 1. The van der Waals surface area contributed by atoms with E-state index >= 15 is 0 Å². The van der Waals surface area contributed by atoms with Gasteiger partial charge in [-0.05, 0) is 110 Å². The van der Waals surface area contributed by atoms with Gasteiger partial charge in [0.15, 0.2) is 0 Å². The van der Waals surface area contributed by atoms with Crippen molar-refractivity contribution in [3.63, 3.8) is 0 Å². The van der Waals surface area contributed by atoms with Gasteiger partial charge in [0.25, 0.3) is 0 Å². The number of para-hydroxylation sites is 2. The fourth-order valence-electron chi connectivity index (χ4n) is 8.64. The first-order chi connectivity index (χ1) is 23.0. The highest BCUT2D eigenvalue weighted by Crippen LogP contribution is 2.51. The van der Waals surface area contributed by atoms with E-state index in [1.54, 1.807) is 0 Å². The van der Waals surface area contributed by atoms with Crippen molar-refractivity contribution in [2.75, 3.05) is 28.8 Å². The summed E-state index contributed by atoms with van der Waals surface area (Å²) in [5, 5.41) is 10.8. The lowest BCUT2D eigenvalue weighted by atomic mass is 9.97. The molecule has 4 heterocycles. The van der Waals surface area contributed by atoms with E-state index < -0.39 is 0 Å². The first-order valence-corrected chi connectivity index (χ1v) is 16.7. The molecule has 7 aromatic carbocycles. The minimum absolute atomic E-state index is 0.393. The summed E-state index contributed by atoms with van der Waals surface area (Å²) in [5.74, 6) is 0. The molecule has 0 N–H and O–H groups in total. The first kappa shape index (κ1) is 26.7. The quantitative estimate of drug-likeness (QED) is 0.159. The van der Waals surface area contributed by atoms with E-state index in [1.165, 1.54) is 82.7 Å². The molecule has 0 amide bonds. The lowest BCUT2D eigenvalue weighted by molar-refractivity contribution is 0.344. The van der Waals surface area contributed by atoms with Gasteiger partial charge >= 0.3 is 0 Å². The topological polar surface area (TPSA) is 13.0 Å². The monoisotopic (exact) mass is 608 g/mol. The van der Waals surface area contributed by atoms with Gasteiger partial charge in [-0.2, -0.15) is 0 Å². The Kier molecular flexibility index (Phi) is 5.55. The molecule has 4 aliphatic heterocycles. The zero-order chi connectivity index (χ0) is 31.4. The van der Waals surface area contributed by atoms with E-state index in [2.05, 4.69) is 168 Å². The van der Waals surface area contributed by atoms with E-state index in [1.807, 2.05) is 0 Å². The molecule has 7 aromatic rings. The van der Waals surface area contributed by atoms with Crippen LogP contribution in [0.15, 0.2) is 133 Å². The van der Waals surface area contributed by atoms with Gasteiger partial charge in [-0.1, -0.05) is 72.8 Å². The second-order valence-electron chi connectivity index (χ2n) is 13.6. The van der Waals surface area contributed by atoms with Crippen molar-refractivity contribution in [2.45, 2.75) is 32.1 Å². The fraction of sp³-hybridized carbons (Fsp3) is 0.163. The summed E-state index contributed by atoms with van der Waals surface area (Å²) in [5.41, 5.74) is 9.71. The van der Waals surface area contributed by atoms with Crippen LogP contribution in [0.5, 0.6) is 0 Å². The molecule has 0 bridgehead atoms. The van der Waals surface area contributed by atoms with Crippen LogP contribution in [0.25, 0.3) is 43.1 Å². The van der Waals surface area contributed by atoms with Gasteiger partial charge in [0, 0.05) is 50.2 Å². The molecule has 11 rings (SSSR count). The third-order valence-electron chi connectivity index (χ3n) is 11.2. The standard InChI is InChI=1S/C23H18N2.C20H18N2/c1-24-21-8-4-5-9-22(21)25-20-11-10-17-12-15-6-2-3-7-16(15)13-18(17)19(20)14-23(24)25;1-13-12-22-19-8-7-16-9-14-5-3-4-6-15(14)10-17(16)18(19)11-20(22)21(13)2/h2-13,23H,14H2,1H3;3-10,12,20H,11H2,1-2H3. The van der Waals surface area contributed by atoms with Gasteiger partial charge in [-0.25, -0.2) is 0 Å². The number of benzene rings is 7. The van der Waals surface area contributed by atoms with Crippen LogP contribution >= 0.6 is 0 Å². The summed E-state index contributed by atoms with van der Waals surface area (Å²) in [6.07, 6.45) is 5.28. The molecule has 0 fully saturated rings. The fourth-order valence-corrected chi connectivity index (χ4v) is 8.64. The Bertz CT molecular complexity index is 2460. The molecule has 2 atom stereocenters. The Morgan fingerprint density at radius 3 is 1.62 bits per heavy atom. The minimum atomic E-state index is 0.393. The van der Waals surface area contributed by atoms with Gasteiger partial charge in [-0.15, -0.1) is 0 Å². The molecule has 0 saturated carbocycles. The second kappa shape index (κ2) is 9.76. The second-order valence-corrected chi connectivity index (χ2v) is 13.6. The third-order valence-corrected chi connectivity index (χ3v) is 11.2. The summed E-state index contributed by atoms with van der Waals surface area (Å²) in [6, 6.07) is 44.5. The van der Waals surface area contributed by atoms with Gasteiger partial charge in [-0.3, -0.25) is 0 Å². The maximum atomic E-state index is 2.51. The lowest BCUT2D eigenvalue weighted by Gasteiger charge is -2.24. The van der Waals surface area contributed by atoms with Crippen molar-refractivity contribution in [3.8, 4) is 0 Å². The maximum Gasteiger partial charge on any atom is 0.110 e. The highest BCUT2D eigenvalue weighted by molar-refractivity contribution is 6.04. The number of fused-ring (bicyclic) bond motifs is 14. The Morgan fingerprint density at radius 2 is 0.979 bits per heavy atom. The highest BCUT2D eigenvalue weighted by atomic mass is 15.4. The molecule has 0 aromatic heterocycles. The number of nitrogens with zero attached hydrogens (tertiary/aromatic N) is 4. The highest BCUT2D eigenvalue weighted by Gasteiger charge is 2.41. The normalized spacial score (nSPS) is 18.7. The summed E-state index contributed by atoms with van der Waals surface area (Å²) < 4.78 is 0. The van der Waals surface area contributed by atoms with Crippen LogP contribution in [-0.4, -0.2) is 31.3 Å². The summed E-state index contributed by atoms with van der Waals surface area (Å²) in [4.78, 5) is 9.74. The van der Waals surface area contributed by atoms with Crippen LogP contribution < -0.4 is 14.7 Å². The third kappa shape index (κ3) is 3.82. The minimum Gasteiger partial charge on any atom is -0.356 e. The van der Waals surface area contributed by atoms with E-state index in [0.717, 1.165) is 12.8 Å². The van der Waals surface area contributed by atoms with Gasteiger partial charge in [0.1, 0.15) is 12.3 Å². The zero-order valence-electron chi connectivity index (χ0n) is 27.0. The molecule has 4 heteroatoms. The Labute approximate surface area is 275 Å². The van der Waals surface area contributed by atoms with Crippen molar-refractivity contribution in [1.82, 2.24) is 4.90 Å². The van der Waals surface area contributed by atoms with Crippen LogP contribution in [0.1, 0.15) is 18.1 Å². The molecule has 0 radical (unpaired) electrons. The smallest absolute Gasteiger partial charge is 0.110 e. The molecular weight excluding hydrogens is 573 g/mol. The number of likely N-dealkylation sites (N-methyl/N-ethyl adjacent to an activating group) is 2. The predicted octanol–water partition coefficient (Wildman–Crippen LogP) is 9.95. The molecule has 2 unspecified atom stereocenters. The van der Waals surface area contributed by atoms with E-state index in [0.29, 0.717) is 12.3 Å². The van der Waals surface area contributed by atoms with Crippen molar-refractivity contribution < 1.29 is 0 Å². The maximum absolute atomic E-state index is 2.51. The molecule has 228 valence electrons. The predicted molar refractivity (Wildman–Crippen MR) is 199 cm³/mol. The van der Waals surface area contributed by atoms with Crippen LogP contribution in [0.2, 0.25) is 0 Å². The van der Waals surface area contributed by atoms with Gasteiger partial charge < -0.3 is 19.6 Å². The van der Waals surface area contributed by atoms with Crippen LogP contribution in [0, 0.1) is 0 Å². The molecular formula is C43H36N4. The van der Waals surface area contributed by atoms with Gasteiger partial charge in [0.2, 0.25) is 0 Å². The van der Waals surface area contributed by atoms with E-state index in [9.17, 15) is 0 Å². The average molecular weight is 609 g/mol. The first-order valence-electron chi connectivity index (χ1n) is 16.7. The summed E-state index contributed by atoms with van der Waals surface area (Å²) in [6.45, 7) is 2.19. The Balaban J connectivity index is 0.000000122. The number of rotatable bonds is 0. The van der Waals surface area contributed by atoms with Crippen LogP contribution in [-0.2, 0) is 12.8 Å². The Hall–Kier alpha value is -5.48. The molecule has 0 saturated heterocycles. The van der Waals surface area contributed by atoms with Crippen LogP contribution in [0.3, 0.4) is 0 Å². The van der Waals surface area contributed by atoms with Gasteiger partial charge in [0.05, 0.1) is 11.4 Å². The summed E-state index contributed by atoms with van der Waals surface area (Å²) >= 11 is 0. The number of hydrogen-bond donors (Lipinski definition) is 0. The molecule has 47 heavy (non-hydrogen) atoms. The molecule has 0 aliphatic carbocycles. The molecule has 4 aliphatic rings. The molecule has 0 spiro atoms. The summed E-state index contributed by atoms with van der Waals surface area (Å²) in [7, 11) is 4.41. The lowest BCUT2D eigenvalue weighted by Crippen LogP contribution is -2.35. The SMILES string of the molecule is CC1=CN2c3ccc4cc5ccccc5cc4c3CC2N1C.CN1c2ccccc2N2c3ccc4cc5ccccc5cc4c3CC12. The average Bonchev–Trinajstić information content (AvgIpc) is 3.83. The van der Waals surface area contributed by atoms with Crippen molar-refractivity contribution in [3.05, 3.63) is 144 Å².